The number of hydrogen-bond donors (Lipinski definition) is 6. The van der Waals surface area contributed by atoms with E-state index in [1.54, 1.807) is 0 Å². The van der Waals surface area contributed by atoms with Crippen molar-refractivity contribution in [2.45, 2.75) is 53.1 Å². The van der Waals surface area contributed by atoms with Gasteiger partial charge in [-0.2, -0.15) is 0 Å². The Morgan fingerprint density at radius 3 is 1.87 bits per heavy atom. The van der Waals surface area contributed by atoms with Crippen LogP contribution < -0.4 is 4.90 Å². The van der Waals surface area contributed by atoms with Crippen LogP contribution in [0.1, 0.15) is 26.2 Å². The third kappa shape index (κ3) is 13.3. The fourth-order valence-electron chi connectivity index (χ4n) is 4.34. The Morgan fingerprint density at radius 2 is 1.36 bits per heavy atom. The number of rotatable bonds is 12. The Kier molecular flexibility index (Phi) is 16.2. The van der Waals surface area contributed by atoms with Crippen molar-refractivity contribution in [2.75, 3.05) is 57.0 Å². The summed E-state index contributed by atoms with van der Waals surface area (Å²) in [4.78, 5) is 50.6. The van der Waals surface area contributed by atoms with Crippen LogP contribution in [0.4, 0.5) is 11.4 Å². The molecule has 248 valence electrons. The predicted octanol–water partition coefficient (Wildman–Crippen LogP) is 2.85. The van der Waals surface area contributed by atoms with Gasteiger partial charge in [-0.05, 0) is 56.1 Å². The number of anilines is 2. The van der Waals surface area contributed by atoms with Gasteiger partial charge in [-0.25, -0.2) is 9.59 Å². The number of benzene rings is 2. The topological polar surface area (TPSA) is 199 Å². The number of nitrogens with zero attached hydrogens (tertiary/aromatic N) is 3. The number of hydrogen-bond acceptors (Lipinski definition) is 11. The number of piperazine rings is 1. The Bertz CT molecular complexity index is 1260. The molecule has 2 aromatic carbocycles. The van der Waals surface area contributed by atoms with E-state index in [2.05, 4.69) is 71.1 Å². The van der Waals surface area contributed by atoms with Crippen molar-refractivity contribution < 1.29 is 49.8 Å². The average molecular weight is 668 g/mol. The number of carboxylic acid groups (broad SMARTS) is 4. The van der Waals surface area contributed by atoms with E-state index in [0.717, 1.165) is 12.3 Å². The van der Waals surface area contributed by atoms with E-state index < -0.39 is 48.9 Å². The molecule has 4 rings (SSSR count). The lowest BCUT2D eigenvalue weighted by Crippen LogP contribution is -2.45. The zero-order valence-electron chi connectivity index (χ0n) is 25.2. The van der Waals surface area contributed by atoms with Gasteiger partial charge in [0, 0.05) is 47.4 Å². The van der Waals surface area contributed by atoms with Crippen LogP contribution in [0.25, 0.3) is 0 Å². The summed E-state index contributed by atoms with van der Waals surface area (Å²) in [6.07, 6.45) is -3.89. The molecule has 0 bridgehead atoms. The largest absolute Gasteiger partial charge is 0.481 e. The van der Waals surface area contributed by atoms with E-state index in [0.29, 0.717) is 0 Å². The molecule has 0 saturated carbocycles. The van der Waals surface area contributed by atoms with Crippen LogP contribution in [-0.2, 0) is 19.2 Å². The molecule has 0 spiro atoms. The van der Waals surface area contributed by atoms with Crippen molar-refractivity contribution in [2.24, 2.45) is 0 Å². The number of para-hydroxylation sites is 1. The summed E-state index contributed by atoms with van der Waals surface area (Å²) in [5, 5.41) is 48.3. The fourth-order valence-corrected chi connectivity index (χ4v) is 6.10. The molecule has 2 unspecified atom stereocenters. The Labute approximate surface area is 270 Å². The minimum Gasteiger partial charge on any atom is -0.481 e. The number of fused-ring (bicyclic) bond motifs is 2. The van der Waals surface area contributed by atoms with Gasteiger partial charge in [-0.1, -0.05) is 30.8 Å². The fraction of sp³-hybridized carbons (Fsp3) is 0.467. The Hall–Kier alpha value is -3.34. The summed E-state index contributed by atoms with van der Waals surface area (Å²) in [7, 11) is 2.22. The number of likely N-dealkylation sites (N-methyl/N-ethyl adjacent to an activating group) is 1. The summed E-state index contributed by atoms with van der Waals surface area (Å²) >= 11 is 3.84. The zero-order valence-corrected chi connectivity index (χ0v) is 26.9. The Morgan fingerprint density at radius 1 is 0.800 bits per heavy atom. The monoisotopic (exact) mass is 667 g/mol. The molecule has 45 heavy (non-hydrogen) atoms. The van der Waals surface area contributed by atoms with Gasteiger partial charge in [0.2, 0.25) is 0 Å². The van der Waals surface area contributed by atoms with Crippen LogP contribution in [0.5, 0.6) is 0 Å². The Balaban J connectivity index is 0.000000324. The number of aliphatic hydroxyl groups is 2. The molecule has 13 nitrogen and oxygen atoms in total. The van der Waals surface area contributed by atoms with E-state index in [9.17, 15) is 19.2 Å². The molecule has 6 N–H and O–H groups in total. The van der Waals surface area contributed by atoms with Crippen LogP contribution in [0.3, 0.4) is 0 Å². The predicted molar refractivity (Wildman–Crippen MR) is 171 cm³/mol. The molecule has 2 aliphatic heterocycles. The van der Waals surface area contributed by atoms with Gasteiger partial charge in [0.1, 0.15) is 0 Å². The van der Waals surface area contributed by atoms with Gasteiger partial charge in [0.05, 0.1) is 24.2 Å². The molecule has 1 saturated heterocycles. The first-order valence-electron chi connectivity index (χ1n) is 14.3. The second kappa shape index (κ2) is 19.2. The zero-order chi connectivity index (χ0) is 33.5. The van der Waals surface area contributed by atoms with Crippen molar-refractivity contribution in [3.63, 3.8) is 0 Å². The molecule has 0 aliphatic carbocycles. The third-order valence-electron chi connectivity index (χ3n) is 6.67. The van der Waals surface area contributed by atoms with E-state index in [4.69, 9.17) is 30.6 Å². The van der Waals surface area contributed by atoms with E-state index in [-0.39, 0.29) is 0 Å². The first kappa shape index (κ1) is 37.8. The van der Waals surface area contributed by atoms with Crippen LogP contribution in [-0.4, -0.2) is 129 Å². The lowest BCUT2D eigenvalue weighted by Gasteiger charge is -2.35. The van der Waals surface area contributed by atoms with Crippen molar-refractivity contribution in [3.05, 3.63) is 42.5 Å². The van der Waals surface area contributed by atoms with Gasteiger partial charge in [-0.3, -0.25) is 9.59 Å². The first-order chi connectivity index (χ1) is 21.3. The highest BCUT2D eigenvalue weighted by Gasteiger charge is 2.24. The van der Waals surface area contributed by atoms with Crippen LogP contribution in [0, 0.1) is 0 Å². The number of carbonyl (C=O) groups is 4. The first-order valence-corrected chi connectivity index (χ1v) is 16.1. The summed E-state index contributed by atoms with van der Waals surface area (Å²) in [6.45, 7) is 9.30. The lowest BCUT2D eigenvalue weighted by atomic mass is 10.2. The number of aliphatic carboxylic acids is 4. The highest BCUT2D eigenvalue weighted by atomic mass is 32.2. The standard InChI is InChI=1S/C22H29N3S2.2C4H6O5/c1-3-26-18-9-10-22-20(17-18)25(19-7-4-5-8-21(19)27-22)12-6-11-24-15-13-23(2)14-16-24;2*5-2(4(8)9)1-3(6)7/h4-5,7-10,17H,3,6,11-16H2,1-2H3;2*2,5H,1H2,(H,6,7)(H,8,9). The molecule has 0 amide bonds. The summed E-state index contributed by atoms with van der Waals surface area (Å²) < 4.78 is 0. The minimum atomic E-state index is -1.79. The van der Waals surface area contributed by atoms with Crippen molar-refractivity contribution >= 4 is 58.8 Å². The van der Waals surface area contributed by atoms with Gasteiger partial charge in [0.15, 0.2) is 12.2 Å². The number of aliphatic hydroxyl groups excluding tert-OH is 2. The van der Waals surface area contributed by atoms with E-state index in [1.807, 2.05) is 23.5 Å². The molecule has 2 aliphatic rings. The average Bonchev–Trinajstić information content (AvgIpc) is 2.98. The van der Waals surface area contributed by atoms with Crippen molar-refractivity contribution in [1.29, 1.82) is 0 Å². The van der Waals surface area contributed by atoms with E-state index >= 15 is 0 Å². The molecule has 1 fully saturated rings. The molecule has 2 atom stereocenters. The van der Waals surface area contributed by atoms with Crippen LogP contribution in [0.15, 0.2) is 57.2 Å². The molecule has 15 heteroatoms. The molecule has 2 aromatic rings. The second-order valence-corrected chi connectivity index (χ2v) is 12.6. The van der Waals surface area contributed by atoms with Gasteiger partial charge in [-0.15, -0.1) is 11.8 Å². The van der Waals surface area contributed by atoms with Gasteiger partial charge in [0.25, 0.3) is 0 Å². The lowest BCUT2D eigenvalue weighted by molar-refractivity contribution is -0.153. The van der Waals surface area contributed by atoms with Gasteiger partial charge < -0.3 is 45.3 Å². The minimum absolute atomic E-state index is 0.755. The van der Waals surface area contributed by atoms with E-state index in [1.165, 1.54) is 65.2 Å². The highest BCUT2D eigenvalue weighted by Crippen LogP contribution is 2.49. The summed E-state index contributed by atoms with van der Waals surface area (Å²) in [5.41, 5.74) is 2.75. The molecule has 2 heterocycles. The maximum atomic E-state index is 9.72. The summed E-state index contributed by atoms with van der Waals surface area (Å²) in [5.74, 6) is -4.57. The van der Waals surface area contributed by atoms with Crippen molar-refractivity contribution in [3.8, 4) is 0 Å². The highest BCUT2D eigenvalue weighted by molar-refractivity contribution is 8.00. The normalized spacial score (nSPS) is 15.6. The molecular weight excluding hydrogens is 626 g/mol. The molecular formula is C30H41N3O10S2. The maximum absolute atomic E-state index is 9.72. The van der Waals surface area contributed by atoms with Crippen molar-refractivity contribution in [1.82, 2.24) is 9.80 Å². The molecule has 0 aromatic heterocycles. The summed E-state index contributed by atoms with van der Waals surface area (Å²) in [6, 6.07) is 15.8. The number of carboxylic acids is 4. The van der Waals surface area contributed by atoms with Crippen LogP contribution >= 0.6 is 23.5 Å². The quantitative estimate of drug-likeness (QED) is 0.180. The smallest absolute Gasteiger partial charge is 0.333 e. The second-order valence-electron chi connectivity index (χ2n) is 10.2. The van der Waals surface area contributed by atoms with Crippen LogP contribution in [0.2, 0.25) is 0 Å². The third-order valence-corrected chi connectivity index (χ3v) is 8.67. The number of thioether (sulfide) groups is 1. The van der Waals surface area contributed by atoms with Gasteiger partial charge >= 0.3 is 23.9 Å². The maximum Gasteiger partial charge on any atom is 0.333 e. The molecule has 0 radical (unpaired) electrons. The SMILES string of the molecule is CCSc1ccc2c(c1)N(CCCN1CCN(C)CC1)c1ccccc1S2.O=C(O)CC(O)C(=O)O.O=C(O)CC(O)C(=O)O.